The monoisotopic (exact) mass is 412 g/mol. The molecule has 0 aliphatic heterocycles. The van der Waals surface area contributed by atoms with Crippen LogP contribution in [0.1, 0.15) is 23.9 Å². The standard InChI is InChI=1S/C16H20N4O5S2/c1-3-25-13(23)6-10-7-26-16(18-10)19-12(22)8-27-15-17-9(2)11(4-5-21)14(24)20-15/h7,21H,3-6,8H2,1-2H3,(H,17,20,24)(H,18,19,22). The Hall–Kier alpha value is -2.24. The Morgan fingerprint density at radius 1 is 1.41 bits per heavy atom. The number of rotatable bonds is 9. The van der Waals surface area contributed by atoms with Crippen molar-refractivity contribution in [2.24, 2.45) is 0 Å². The van der Waals surface area contributed by atoms with Crippen LogP contribution in [0.2, 0.25) is 0 Å². The van der Waals surface area contributed by atoms with Crippen LogP contribution in [0.4, 0.5) is 5.13 Å². The van der Waals surface area contributed by atoms with Gasteiger partial charge in [-0.3, -0.25) is 14.4 Å². The number of amides is 1. The largest absolute Gasteiger partial charge is 0.466 e. The number of thioether (sulfide) groups is 1. The van der Waals surface area contributed by atoms with Gasteiger partial charge in [0, 0.05) is 29.7 Å². The van der Waals surface area contributed by atoms with E-state index in [0.29, 0.717) is 33.8 Å². The quantitative estimate of drug-likeness (QED) is 0.314. The first kappa shape index (κ1) is 21.1. The predicted octanol–water partition coefficient (Wildman–Crippen LogP) is 0.906. The SMILES string of the molecule is CCOC(=O)Cc1csc(NC(=O)CSc2nc(C)c(CCO)c(=O)[nH]2)n1. The minimum absolute atomic E-state index is 0.0362. The van der Waals surface area contributed by atoms with Gasteiger partial charge in [0.05, 0.1) is 24.5 Å². The van der Waals surface area contributed by atoms with Crippen molar-refractivity contribution < 1.29 is 19.4 Å². The van der Waals surface area contributed by atoms with Gasteiger partial charge in [-0.15, -0.1) is 11.3 Å². The molecule has 0 aliphatic rings. The number of hydrogen-bond acceptors (Lipinski definition) is 9. The van der Waals surface area contributed by atoms with Gasteiger partial charge in [0.15, 0.2) is 10.3 Å². The van der Waals surface area contributed by atoms with Gasteiger partial charge in [-0.05, 0) is 13.8 Å². The molecule has 0 saturated heterocycles. The van der Waals surface area contributed by atoms with Crippen LogP contribution in [0.15, 0.2) is 15.3 Å². The molecular weight excluding hydrogens is 392 g/mol. The van der Waals surface area contributed by atoms with E-state index in [4.69, 9.17) is 9.84 Å². The van der Waals surface area contributed by atoms with Crippen molar-refractivity contribution >= 4 is 40.1 Å². The van der Waals surface area contributed by atoms with Gasteiger partial charge in [-0.1, -0.05) is 11.8 Å². The van der Waals surface area contributed by atoms with Crippen molar-refractivity contribution in [3.05, 3.63) is 32.7 Å². The highest BCUT2D eigenvalue weighted by Crippen LogP contribution is 2.18. The molecule has 9 nitrogen and oxygen atoms in total. The van der Waals surface area contributed by atoms with Crippen molar-refractivity contribution in [1.29, 1.82) is 0 Å². The topological polar surface area (TPSA) is 134 Å². The summed E-state index contributed by atoms with van der Waals surface area (Å²) in [4.78, 5) is 46.4. The van der Waals surface area contributed by atoms with Crippen molar-refractivity contribution in [2.45, 2.75) is 31.8 Å². The van der Waals surface area contributed by atoms with Crippen LogP contribution >= 0.6 is 23.1 Å². The minimum Gasteiger partial charge on any atom is -0.466 e. The molecule has 0 aromatic carbocycles. The molecule has 0 fully saturated rings. The Morgan fingerprint density at radius 3 is 2.85 bits per heavy atom. The van der Waals surface area contributed by atoms with Gasteiger partial charge >= 0.3 is 5.97 Å². The number of aromatic nitrogens is 3. The van der Waals surface area contributed by atoms with E-state index in [1.54, 1.807) is 19.2 Å². The Morgan fingerprint density at radius 2 is 2.19 bits per heavy atom. The predicted molar refractivity (Wildman–Crippen MR) is 102 cm³/mol. The molecule has 0 atom stereocenters. The van der Waals surface area contributed by atoms with E-state index in [9.17, 15) is 14.4 Å². The number of ether oxygens (including phenoxy) is 1. The molecule has 2 rings (SSSR count). The number of anilines is 1. The second kappa shape index (κ2) is 10.2. The summed E-state index contributed by atoms with van der Waals surface area (Å²) in [6.07, 6.45) is 0.289. The molecule has 0 bridgehead atoms. The number of H-pyrrole nitrogens is 1. The molecule has 11 heteroatoms. The summed E-state index contributed by atoms with van der Waals surface area (Å²) >= 11 is 2.30. The maximum atomic E-state index is 12.0. The summed E-state index contributed by atoms with van der Waals surface area (Å²) in [5.74, 6) is -0.642. The van der Waals surface area contributed by atoms with Crippen molar-refractivity contribution in [3.8, 4) is 0 Å². The number of aliphatic hydroxyl groups is 1. The highest BCUT2D eigenvalue weighted by molar-refractivity contribution is 7.99. The zero-order chi connectivity index (χ0) is 19.8. The zero-order valence-corrected chi connectivity index (χ0v) is 16.5. The van der Waals surface area contributed by atoms with Crippen LogP contribution in [0.5, 0.6) is 0 Å². The molecule has 0 unspecified atom stereocenters. The summed E-state index contributed by atoms with van der Waals surface area (Å²) in [6, 6.07) is 0. The number of aromatic amines is 1. The minimum atomic E-state index is -0.369. The van der Waals surface area contributed by atoms with Crippen LogP contribution in [-0.2, 0) is 27.2 Å². The number of carbonyl (C=O) groups excluding carboxylic acids is 2. The molecule has 2 heterocycles. The molecular formula is C16H20N4O5S2. The molecule has 3 N–H and O–H groups in total. The van der Waals surface area contributed by atoms with Gasteiger partial charge in [-0.25, -0.2) is 9.97 Å². The molecule has 0 aliphatic carbocycles. The third kappa shape index (κ3) is 6.45. The number of carbonyl (C=O) groups is 2. The van der Waals surface area contributed by atoms with Crippen molar-refractivity contribution in [1.82, 2.24) is 15.0 Å². The number of esters is 1. The van der Waals surface area contributed by atoms with Crippen LogP contribution < -0.4 is 10.9 Å². The average Bonchev–Trinajstić information content (AvgIpc) is 3.03. The maximum absolute atomic E-state index is 12.0. The van der Waals surface area contributed by atoms with Crippen LogP contribution in [-0.4, -0.2) is 50.9 Å². The van der Waals surface area contributed by atoms with Crippen LogP contribution in [0.25, 0.3) is 0 Å². The van der Waals surface area contributed by atoms with Crippen molar-refractivity contribution in [2.75, 3.05) is 24.3 Å². The lowest BCUT2D eigenvalue weighted by molar-refractivity contribution is -0.142. The fourth-order valence-corrected chi connectivity index (χ4v) is 3.59. The van der Waals surface area contributed by atoms with E-state index in [-0.39, 0.29) is 42.6 Å². The van der Waals surface area contributed by atoms with E-state index in [1.807, 2.05) is 0 Å². The average molecular weight is 412 g/mol. The molecule has 0 spiro atoms. The fourth-order valence-electron chi connectivity index (χ4n) is 2.15. The smallest absolute Gasteiger partial charge is 0.311 e. The number of thiazole rings is 1. The van der Waals surface area contributed by atoms with E-state index < -0.39 is 0 Å². The second-order valence-corrected chi connectivity index (χ2v) is 7.19. The molecule has 27 heavy (non-hydrogen) atoms. The Balaban J connectivity index is 1.89. The number of hydrogen-bond donors (Lipinski definition) is 3. The number of aryl methyl sites for hydroxylation is 1. The number of nitrogens with zero attached hydrogens (tertiary/aromatic N) is 2. The summed E-state index contributed by atoms with van der Waals surface area (Å²) in [6.45, 7) is 3.59. The van der Waals surface area contributed by atoms with E-state index >= 15 is 0 Å². The van der Waals surface area contributed by atoms with Gasteiger partial charge < -0.3 is 20.1 Å². The number of nitrogens with one attached hydrogen (secondary N) is 2. The summed E-state index contributed by atoms with van der Waals surface area (Å²) in [5, 5.41) is 14.0. The van der Waals surface area contributed by atoms with Crippen LogP contribution in [0, 0.1) is 6.92 Å². The molecule has 146 valence electrons. The second-order valence-electron chi connectivity index (χ2n) is 5.37. The van der Waals surface area contributed by atoms with E-state index in [2.05, 4.69) is 20.3 Å². The van der Waals surface area contributed by atoms with Gasteiger partial charge in [0.2, 0.25) is 5.91 Å². The molecule has 2 aromatic heterocycles. The maximum Gasteiger partial charge on any atom is 0.311 e. The lowest BCUT2D eigenvalue weighted by Gasteiger charge is -2.06. The summed E-state index contributed by atoms with van der Waals surface area (Å²) < 4.78 is 4.85. The Kier molecular flexibility index (Phi) is 7.95. The lowest BCUT2D eigenvalue weighted by Crippen LogP contribution is -2.19. The summed E-state index contributed by atoms with van der Waals surface area (Å²) in [7, 11) is 0. The number of aliphatic hydroxyl groups excluding tert-OH is 1. The first-order valence-electron chi connectivity index (χ1n) is 8.16. The zero-order valence-electron chi connectivity index (χ0n) is 14.9. The van der Waals surface area contributed by atoms with Gasteiger partial charge in [0.1, 0.15) is 0 Å². The first-order valence-corrected chi connectivity index (χ1v) is 10.0. The normalized spacial score (nSPS) is 10.6. The van der Waals surface area contributed by atoms with Gasteiger partial charge in [-0.2, -0.15) is 0 Å². The molecule has 0 radical (unpaired) electrons. The lowest BCUT2D eigenvalue weighted by atomic mass is 10.2. The molecule has 2 aromatic rings. The highest BCUT2D eigenvalue weighted by atomic mass is 32.2. The first-order chi connectivity index (χ1) is 12.9. The summed E-state index contributed by atoms with van der Waals surface area (Å²) in [5.41, 5.74) is 1.17. The van der Waals surface area contributed by atoms with Crippen molar-refractivity contribution in [3.63, 3.8) is 0 Å². The van der Waals surface area contributed by atoms with E-state index in [0.717, 1.165) is 11.8 Å². The Labute approximate surface area is 163 Å². The fraction of sp³-hybridized carbons (Fsp3) is 0.438. The third-order valence-corrected chi connectivity index (χ3v) is 5.01. The van der Waals surface area contributed by atoms with Crippen LogP contribution in [0.3, 0.4) is 0 Å². The molecule has 0 saturated carbocycles. The highest BCUT2D eigenvalue weighted by Gasteiger charge is 2.12. The van der Waals surface area contributed by atoms with E-state index in [1.165, 1.54) is 11.3 Å². The molecule has 1 amide bonds. The van der Waals surface area contributed by atoms with Gasteiger partial charge in [0.25, 0.3) is 5.56 Å². The third-order valence-electron chi connectivity index (χ3n) is 3.33. The Bertz CT molecular complexity index is 865.